The number of ether oxygens (including phenoxy) is 1. The van der Waals surface area contributed by atoms with Crippen molar-refractivity contribution in [3.63, 3.8) is 0 Å². The molecule has 4 atom stereocenters. The Morgan fingerprint density at radius 1 is 1.27 bits per heavy atom. The zero-order valence-corrected chi connectivity index (χ0v) is 19.3. The minimum absolute atomic E-state index is 0.171. The Kier molecular flexibility index (Phi) is 13.1. The fourth-order valence-corrected chi connectivity index (χ4v) is 4.86. The van der Waals surface area contributed by atoms with Crippen LogP contribution in [0.15, 0.2) is 22.8 Å². The van der Waals surface area contributed by atoms with E-state index in [9.17, 15) is 19.8 Å². The lowest BCUT2D eigenvalue weighted by atomic mass is 9.96. The van der Waals surface area contributed by atoms with Crippen LogP contribution in [-0.2, 0) is 14.3 Å². The van der Waals surface area contributed by atoms with E-state index in [1.807, 2.05) is 6.08 Å². The van der Waals surface area contributed by atoms with Gasteiger partial charge in [0.1, 0.15) is 5.76 Å². The van der Waals surface area contributed by atoms with E-state index in [-0.39, 0.29) is 18.8 Å². The van der Waals surface area contributed by atoms with E-state index >= 15 is 0 Å². The summed E-state index contributed by atoms with van der Waals surface area (Å²) in [5, 5.41) is 29.6. The van der Waals surface area contributed by atoms with Gasteiger partial charge in [-0.15, -0.1) is 11.8 Å². The number of aliphatic hydroxyl groups excluding tert-OH is 2. The summed E-state index contributed by atoms with van der Waals surface area (Å²) in [6.45, 7) is 5.64. The lowest BCUT2D eigenvalue weighted by Gasteiger charge is -2.17. The minimum Gasteiger partial charge on any atom is -0.481 e. The van der Waals surface area contributed by atoms with Crippen molar-refractivity contribution in [2.45, 2.75) is 90.8 Å². The van der Waals surface area contributed by atoms with Crippen molar-refractivity contribution < 1.29 is 29.6 Å². The van der Waals surface area contributed by atoms with Gasteiger partial charge in [0.25, 0.3) is 0 Å². The van der Waals surface area contributed by atoms with Crippen molar-refractivity contribution in [3.8, 4) is 0 Å². The lowest BCUT2D eigenvalue weighted by Crippen LogP contribution is -2.15. The predicted octanol–water partition coefficient (Wildman–Crippen LogP) is 4.65. The highest BCUT2D eigenvalue weighted by Gasteiger charge is 2.34. The highest BCUT2D eigenvalue weighted by Crippen LogP contribution is 2.41. The zero-order chi connectivity index (χ0) is 22.5. The second-order valence-corrected chi connectivity index (χ2v) is 9.30. The first-order valence-corrected chi connectivity index (χ1v) is 12.0. The van der Waals surface area contributed by atoms with Gasteiger partial charge in [0.15, 0.2) is 0 Å². The second-order valence-electron chi connectivity index (χ2n) is 8.17. The molecule has 0 unspecified atom stereocenters. The van der Waals surface area contributed by atoms with E-state index in [0.29, 0.717) is 24.5 Å². The van der Waals surface area contributed by atoms with E-state index in [4.69, 9.17) is 9.84 Å². The number of esters is 1. The fourth-order valence-electron chi connectivity index (χ4n) is 3.58. The molecule has 30 heavy (non-hydrogen) atoms. The Morgan fingerprint density at radius 2 is 2.00 bits per heavy atom. The molecule has 0 aliphatic heterocycles. The molecule has 0 amide bonds. The molecule has 1 aliphatic rings. The van der Waals surface area contributed by atoms with Crippen molar-refractivity contribution in [1.29, 1.82) is 0 Å². The number of thioether (sulfide) groups is 1. The summed E-state index contributed by atoms with van der Waals surface area (Å²) in [6.07, 6.45) is 9.16. The largest absolute Gasteiger partial charge is 0.481 e. The van der Waals surface area contributed by atoms with Crippen molar-refractivity contribution in [3.05, 3.63) is 22.8 Å². The van der Waals surface area contributed by atoms with Gasteiger partial charge >= 0.3 is 11.9 Å². The Hall–Kier alpha value is -1.31. The highest BCUT2D eigenvalue weighted by atomic mass is 32.2. The molecule has 0 radical (unpaired) electrons. The van der Waals surface area contributed by atoms with Gasteiger partial charge in [-0.3, -0.25) is 9.59 Å². The molecule has 3 N–H and O–H groups in total. The van der Waals surface area contributed by atoms with Gasteiger partial charge in [0.2, 0.25) is 0 Å². The van der Waals surface area contributed by atoms with Crippen LogP contribution in [0.4, 0.5) is 0 Å². The molecule has 0 spiro atoms. The maximum absolute atomic E-state index is 11.5. The summed E-state index contributed by atoms with van der Waals surface area (Å²) in [7, 11) is 0. The van der Waals surface area contributed by atoms with E-state index in [1.54, 1.807) is 17.8 Å². The maximum Gasteiger partial charge on any atom is 0.307 e. The van der Waals surface area contributed by atoms with Gasteiger partial charge in [-0.2, -0.15) is 0 Å². The van der Waals surface area contributed by atoms with Crippen LogP contribution in [0.3, 0.4) is 0 Å². The molecule has 0 heterocycles. The molecular weight excluding hydrogens is 404 g/mol. The van der Waals surface area contributed by atoms with Gasteiger partial charge in [0, 0.05) is 30.6 Å². The van der Waals surface area contributed by atoms with Crippen molar-refractivity contribution in [2.75, 3.05) is 5.75 Å². The standard InChI is InChI=1S/C23H38O6S/c1-4-5-9-16(2)14-18(25)11-12-19-20(26)15-21(29-17(3)24)23(19)30-13-8-6-7-10-22(27)28/h11-12,16,18-20,25-26H,4-10,13-15H2,1-3H3,(H,27,28)/b12-11+/t16-,18-,19+,20-/m1/s1. The number of hydrogen-bond acceptors (Lipinski definition) is 6. The van der Waals surface area contributed by atoms with Gasteiger partial charge in [-0.1, -0.05) is 51.7 Å². The molecule has 1 rings (SSSR count). The first-order valence-electron chi connectivity index (χ1n) is 11.0. The summed E-state index contributed by atoms with van der Waals surface area (Å²) in [5.41, 5.74) is 0. The monoisotopic (exact) mass is 442 g/mol. The molecule has 0 saturated carbocycles. The first-order chi connectivity index (χ1) is 14.2. The number of rotatable bonds is 15. The van der Waals surface area contributed by atoms with Crippen molar-refractivity contribution in [1.82, 2.24) is 0 Å². The number of hydrogen-bond donors (Lipinski definition) is 3. The molecule has 6 nitrogen and oxygen atoms in total. The van der Waals surface area contributed by atoms with Crippen LogP contribution in [0.25, 0.3) is 0 Å². The van der Waals surface area contributed by atoms with E-state index in [0.717, 1.165) is 42.8 Å². The molecule has 0 aromatic heterocycles. The van der Waals surface area contributed by atoms with Gasteiger partial charge in [-0.25, -0.2) is 0 Å². The van der Waals surface area contributed by atoms with Crippen LogP contribution in [0.1, 0.15) is 78.6 Å². The third kappa shape index (κ3) is 10.6. The quantitative estimate of drug-likeness (QED) is 0.193. The number of aliphatic carboxylic acids is 1. The summed E-state index contributed by atoms with van der Waals surface area (Å²) in [6, 6.07) is 0. The van der Waals surface area contributed by atoms with E-state index in [2.05, 4.69) is 13.8 Å². The molecule has 0 aromatic carbocycles. The molecule has 0 saturated heterocycles. The van der Waals surface area contributed by atoms with Gasteiger partial charge in [-0.05, 0) is 30.9 Å². The van der Waals surface area contributed by atoms with Crippen LogP contribution < -0.4 is 0 Å². The average Bonchev–Trinajstić information content (AvgIpc) is 2.94. The first kappa shape index (κ1) is 26.7. The Labute approximate surface area is 184 Å². The zero-order valence-electron chi connectivity index (χ0n) is 18.5. The summed E-state index contributed by atoms with van der Waals surface area (Å²) >= 11 is 1.54. The number of carbonyl (C=O) groups is 2. The Bertz CT molecular complexity index is 601. The van der Waals surface area contributed by atoms with Gasteiger partial charge in [0.05, 0.1) is 12.2 Å². The highest BCUT2D eigenvalue weighted by molar-refractivity contribution is 8.03. The van der Waals surface area contributed by atoms with E-state index in [1.165, 1.54) is 6.92 Å². The minimum atomic E-state index is -0.783. The lowest BCUT2D eigenvalue weighted by molar-refractivity contribution is -0.138. The van der Waals surface area contributed by atoms with Crippen LogP contribution in [0.5, 0.6) is 0 Å². The van der Waals surface area contributed by atoms with Gasteiger partial charge < -0.3 is 20.1 Å². The van der Waals surface area contributed by atoms with Crippen molar-refractivity contribution >= 4 is 23.7 Å². The average molecular weight is 443 g/mol. The van der Waals surface area contributed by atoms with Crippen LogP contribution >= 0.6 is 11.8 Å². The summed E-state index contributed by atoms with van der Waals surface area (Å²) in [5.74, 6) is 0.202. The van der Waals surface area contributed by atoms with Crippen LogP contribution in [0, 0.1) is 11.8 Å². The SMILES string of the molecule is CCCC[C@@H](C)C[C@H](O)/C=C/[C@@H]1C(SCCCCCC(=O)O)=C(OC(C)=O)C[C@H]1O. The second kappa shape index (κ2) is 14.7. The Balaban J connectivity index is 2.69. The molecule has 172 valence electrons. The molecular formula is C23H38O6S. The predicted molar refractivity (Wildman–Crippen MR) is 120 cm³/mol. The molecule has 0 fully saturated rings. The third-order valence-corrected chi connectivity index (χ3v) is 6.48. The van der Waals surface area contributed by atoms with E-state index < -0.39 is 24.1 Å². The van der Waals surface area contributed by atoms with Crippen LogP contribution in [-0.4, -0.2) is 45.2 Å². The number of carboxylic acid groups (broad SMARTS) is 1. The van der Waals surface area contributed by atoms with Crippen molar-refractivity contribution in [2.24, 2.45) is 11.8 Å². The topological polar surface area (TPSA) is 104 Å². The number of carboxylic acids is 1. The van der Waals surface area contributed by atoms with Crippen LogP contribution in [0.2, 0.25) is 0 Å². The molecule has 7 heteroatoms. The normalized spacial score (nSPS) is 21.2. The fraction of sp³-hybridized carbons (Fsp3) is 0.739. The molecule has 0 bridgehead atoms. The number of unbranched alkanes of at least 4 members (excludes halogenated alkanes) is 3. The smallest absolute Gasteiger partial charge is 0.307 e. The maximum atomic E-state index is 11.5. The Morgan fingerprint density at radius 3 is 2.63 bits per heavy atom. The summed E-state index contributed by atoms with van der Waals surface area (Å²) in [4.78, 5) is 22.9. The number of carbonyl (C=O) groups excluding carboxylic acids is 1. The summed E-state index contributed by atoms with van der Waals surface area (Å²) < 4.78 is 5.34. The third-order valence-electron chi connectivity index (χ3n) is 5.18. The number of aliphatic hydroxyl groups is 2. The molecule has 1 aliphatic carbocycles. The molecule has 0 aromatic rings.